The van der Waals surface area contributed by atoms with E-state index in [0.717, 1.165) is 5.56 Å². The van der Waals surface area contributed by atoms with Crippen molar-refractivity contribution in [3.8, 4) is 0 Å². The van der Waals surface area contributed by atoms with E-state index in [1.54, 1.807) is 0 Å². The maximum atomic E-state index is 12.9. The number of hydrogen-bond donors (Lipinski definition) is 1. The number of likely N-dealkylation sites (N-methyl/N-ethyl adjacent to an activating group) is 1. The summed E-state index contributed by atoms with van der Waals surface area (Å²) in [6.07, 6.45) is -5.94. The fourth-order valence-corrected chi connectivity index (χ4v) is 2.22. The summed E-state index contributed by atoms with van der Waals surface area (Å²) in [5.74, 6) is 0.0817. The molecule has 0 saturated heterocycles. The second-order valence-electron chi connectivity index (χ2n) is 4.85. The zero-order chi connectivity index (χ0) is 15.5. The van der Waals surface area contributed by atoms with Crippen LogP contribution in [-0.4, -0.2) is 29.3 Å². The van der Waals surface area contributed by atoms with Crippen molar-refractivity contribution in [3.05, 3.63) is 60.1 Å². The molecule has 6 heteroatoms. The molecule has 0 saturated carbocycles. The van der Waals surface area contributed by atoms with Crippen molar-refractivity contribution in [2.75, 3.05) is 7.05 Å². The molecule has 0 radical (unpaired) electrons. The van der Waals surface area contributed by atoms with Gasteiger partial charge in [-0.15, -0.1) is 0 Å². The van der Waals surface area contributed by atoms with Crippen LogP contribution in [-0.2, 0) is 6.54 Å². The molecule has 1 N–H and O–H groups in total. The number of furan rings is 1. The van der Waals surface area contributed by atoms with Gasteiger partial charge in [0.1, 0.15) is 11.8 Å². The molecule has 0 amide bonds. The Labute approximate surface area is 120 Å². The standard InChI is InChI=1S/C15H16F3NO2/c1-19(10-11-6-3-2-4-7-11)13(12-8-5-9-21-12)14(20)15(16,17)18/h2-9,13-14,20H,10H2,1H3/t13-,14-/m0/s1. The Morgan fingerprint density at radius 3 is 2.33 bits per heavy atom. The molecule has 1 heterocycles. The van der Waals surface area contributed by atoms with Gasteiger partial charge in [-0.3, -0.25) is 4.90 Å². The van der Waals surface area contributed by atoms with E-state index >= 15 is 0 Å². The second kappa shape index (κ2) is 6.32. The topological polar surface area (TPSA) is 36.6 Å². The van der Waals surface area contributed by atoms with Crippen LogP contribution in [0.15, 0.2) is 53.1 Å². The van der Waals surface area contributed by atoms with E-state index < -0.39 is 18.3 Å². The highest BCUT2D eigenvalue weighted by Crippen LogP contribution is 2.34. The number of alkyl halides is 3. The lowest BCUT2D eigenvalue weighted by molar-refractivity contribution is -0.224. The van der Waals surface area contributed by atoms with Crippen molar-refractivity contribution in [2.45, 2.75) is 24.9 Å². The van der Waals surface area contributed by atoms with Crippen LogP contribution in [0.1, 0.15) is 17.4 Å². The molecular weight excluding hydrogens is 283 g/mol. The Balaban J connectivity index is 2.23. The summed E-state index contributed by atoms with van der Waals surface area (Å²) in [6, 6.07) is 10.7. The molecular formula is C15H16F3NO2. The van der Waals surface area contributed by atoms with Gasteiger partial charge in [0.05, 0.1) is 6.26 Å². The number of aliphatic hydroxyl groups is 1. The Morgan fingerprint density at radius 2 is 1.81 bits per heavy atom. The predicted octanol–water partition coefficient (Wildman–Crippen LogP) is 3.38. The Bertz CT molecular complexity index is 540. The van der Waals surface area contributed by atoms with E-state index in [1.165, 1.54) is 30.3 Å². The van der Waals surface area contributed by atoms with E-state index in [9.17, 15) is 18.3 Å². The van der Waals surface area contributed by atoms with Gasteiger partial charge in [-0.05, 0) is 24.7 Å². The van der Waals surface area contributed by atoms with Crippen LogP contribution >= 0.6 is 0 Å². The summed E-state index contributed by atoms with van der Waals surface area (Å²) in [4.78, 5) is 1.42. The van der Waals surface area contributed by atoms with E-state index in [2.05, 4.69) is 0 Å². The van der Waals surface area contributed by atoms with E-state index in [4.69, 9.17) is 4.42 Å². The summed E-state index contributed by atoms with van der Waals surface area (Å²) in [6.45, 7) is 0.263. The van der Waals surface area contributed by atoms with Crippen LogP contribution in [0.5, 0.6) is 0 Å². The molecule has 1 aromatic carbocycles. The average molecular weight is 299 g/mol. The molecule has 1 aromatic heterocycles. The van der Waals surface area contributed by atoms with Crippen LogP contribution in [0.3, 0.4) is 0 Å². The van der Waals surface area contributed by atoms with Crippen LogP contribution in [0.2, 0.25) is 0 Å². The first-order chi connectivity index (χ1) is 9.89. The molecule has 0 aliphatic rings. The predicted molar refractivity (Wildman–Crippen MR) is 71.4 cm³/mol. The molecule has 21 heavy (non-hydrogen) atoms. The summed E-state index contributed by atoms with van der Waals surface area (Å²) >= 11 is 0. The van der Waals surface area contributed by atoms with Crippen molar-refractivity contribution in [3.63, 3.8) is 0 Å². The molecule has 2 atom stereocenters. The maximum absolute atomic E-state index is 12.9. The Hall–Kier alpha value is -1.79. The number of rotatable bonds is 5. The summed E-state index contributed by atoms with van der Waals surface area (Å²) in [7, 11) is 1.52. The average Bonchev–Trinajstić information content (AvgIpc) is 2.92. The van der Waals surface area contributed by atoms with Crippen molar-refractivity contribution >= 4 is 0 Å². The quantitative estimate of drug-likeness (QED) is 0.919. The number of benzene rings is 1. The van der Waals surface area contributed by atoms with Gasteiger partial charge in [-0.1, -0.05) is 30.3 Å². The van der Waals surface area contributed by atoms with Crippen LogP contribution < -0.4 is 0 Å². The molecule has 0 spiro atoms. The van der Waals surface area contributed by atoms with Gasteiger partial charge in [0.15, 0.2) is 6.10 Å². The number of nitrogens with zero attached hydrogens (tertiary/aromatic N) is 1. The van der Waals surface area contributed by atoms with E-state index in [0.29, 0.717) is 0 Å². The highest BCUT2D eigenvalue weighted by molar-refractivity contribution is 5.16. The number of aliphatic hydroxyl groups excluding tert-OH is 1. The van der Waals surface area contributed by atoms with Gasteiger partial charge >= 0.3 is 6.18 Å². The minimum atomic E-state index is -4.72. The lowest BCUT2D eigenvalue weighted by Gasteiger charge is -2.31. The number of halogens is 3. The molecule has 3 nitrogen and oxygen atoms in total. The molecule has 0 fully saturated rings. The van der Waals surface area contributed by atoms with Crippen LogP contribution in [0.25, 0.3) is 0 Å². The first-order valence-corrected chi connectivity index (χ1v) is 6.42. The molecule has 0 unspecified atom stereocenters. The Morgan fingerprint density at radius 1 is 1.14 bits per heavy atom. The summed E-state index contributed by atoms with van der Waals surface area (Å²) in [5, 5.41) is 9.64. The molecule has 0 bridgehead atoms. The molecule has 114 valence electrons. The van der Waals surface area contributed by atoms with Gasteiger partial charge in [0.2, 0.25) is 0 Å². The van der Waals surface area contributed by atoms with Crippen LogP contribution in [0, 0.1) is 0 Å². The minimum absolute atomic E-state index is 0.0817. The van der Waals surface area contributed by atoms with Gasteiger partial charge < -0.3 is 9.52 Å². The fraction of sp³-hybridized carbons (Fsp3) is 0.333. The summed E-state index contributed by atoms with van der Waals surface area (Å²) in [5.41, 5.74) is 0.853. The highest BCUT2D eigenvalue weighted by Gasteiger charge is 2.46. The molecule has 0 aliphatic heterocycles. The SMILES string of the molecule is CN(Cc1ccccc1)[C@@H](c1ccco1)[C@H](O)C(F)(F)F. The molecule has 0 aliphatic carbocycles. The first kappa shape index (κ1) is 15.6. The van der Waals surface area contributed by atoms with Crippen molar-refractivity contribution < 1.29 is 22.7 Å². The third kappa shape index (κ3) is 3.86. The van der Waals surface area contributed by atoms with Crippen molar-refractivity contribution in [1.82, 2.24) is 4.90 Å². The van der Waals surface area contributed by atoms with E-state index in [1.807, 2.05) is 30.3 Å². The smallest absolute Gasteiger partial charge is 0.416 e. The van der Waals surface area contributed by atoms with Crippen molar-refractivity contribution in [2.24, 2.45) is 0 Å². The normalized spacial score (nSPS) is 15.1. The third-order valence-corrected chi connectivity index (χ3v) is 3.22. The molecule has 2 rings (SSSR count). The second-order valence-corrected chi connectivity index (χ2v) is 4.85. The van der Waals surface area contributed by atoms with Gasteiger partial charge in [0, 0.05) is 6.54 Å². The molecule has 2 aromatic rings. The lowest BCUT2D eigenvalue weighted by Crippen LogP contribution is -2.42. The van der Waals surface area contributed by atoms with Crippen molar-refractivity contribution in [1.29, 1.82) is 0 Å². The summed E-state index contributed by atoms with van der Waals surface area (Å²) < 4.78 is 43.7. The maximum Gasteiger partial charge on any atom is 0.416 e. The monoisotopic (exact) mass is 299 g/mol. The van der Waals surface area contributed by atoms with Gasteiger partial charge in [0.25, 0.3) is 0 Å². The third-order valence-electron chi connectivity index (χ3n) is 3.22. The largest absolute Gasteiger partial charge is 0.468 e. The Kier molecular flexibility index (Phi) is 4.69. The zero-order valence-corrected chi connectivity index (χ0v) is 11.4. The van der Waals surface area contributed by atoms with Gasteiger partial charge in [-0.2, -0.15) is 13.2 Å². The van der Waals surface area contributed by atoms with Crippen LogP contribution in [0.4, 0.5) is 13.2 Å². The highest BCUT2D eigenvalue weighted by atomic mass is 19.4. The number of hydrogen-bond acceptors (Lipinski definition) is 3. The lowest BCUT2D eigenvalue weighted by atomic mass is 10.1. The van der Waals surface area contributed by atoms with E-state index in [-0.39, 0.29) is 12.3 Å². The zero-order valence-electron chi connectivity index (χ0n) is 11.4. The fourth-order valence-electron chi connectivity index (χ4n) is 2.22. The van der Waals surface area contributed by atoms with Gasteiger partial charge in [-0.25, -0.2) is 0 Å². The first-order valence-electron chi connectivity index (χ1n) is 6.42. The minimum Gasteiger partial charge on any atom is -0.468 e.